The van der Waals surface area contributed by atoms with E-state index in [0.717, 1.165) is 24.2 Å². The standard InChI is InChI=1S/C17H26O3/c1-13(2)6-5-7-19-8-9-20-17(18)16-11-14(3)10-15(4)12-16/h10-13H,5-9H2,1-4H3. The molecule has 3 heteroatoms. The highest BCUT2D eigenvalue weighted by Crippen LogP contribution is 2.10. The molecule has 0 amide bonds. The normalized spacial score (nSPS) is 10.8. The molecule has 1 aromatic rings. The molecule has 1 aromatic carbocycles. The van der Waals surface area contributed by atoms with Crippen molar-refractivity contribution in [2.75, 3.05) is 19.8 Å². The maximum absolute atomic E-state index is 11.8. The lowest BCUT2D eigenvalue weighted by atomic mass is 10.1. The highest BCUT2D eigenvalue weighted by atomic mass is 16.6. The molecule has 0 saturated heterocycles. The third kappa shape index (κ3) is 6.71. The van der Waals surface area contributed by atoms with Crippen molar-refractivity contribution in [3.05, 3.63) is 34.9 Å². The number of benzene rings is 1. The zero-order valence-corrected chi connectivity index (χ0v) is 13.1. The summed E-state index contributed by atoms with van der Waals surface area (Å²) in [5.74, 6) is 0.434. The molecule has 0 aliphatic carbocycles. The monoisotopic (exact) mass is 278 g/mol. The van der Waals surface area contributed by atoms with Crippen molar-refractivity contribution in [3.8, 4) is 0 Å². The van der Waals surface area contributed by atoms with E-state index in [2.05, 4.69) is 13.8 Å². The van der Waals surface area contributed by atoms with Gasteiger partial charge in [-0.2, -0.15) is 0 Å². The number of aryl methyl sites for hydroxylation is 2. The quantitative estimate of drug-likeness (QED) is 0.534. The SMILES string of the molecule is Cc1cc(C)cc(C(=O)OCCOCCCC(C)C)c1. The molecule has 0 aliphatic heterocycles. The molecule has 0 bridgehead atoms. The van der Waals surface area contributed by atoms with Gasteiger partial charge in [0, 0.05) is 6.61 Å². The van der Waals surface area contributed by atoms with E-state index < -0.39 is 0 Å². The molecule has 20 heavy (non-hydrogen) atoms. The molecule has 0 N–H and O–H groups in total. The summed E-state index contributed by atoms with van der Waals surface area (Å²) in [4.78, 5) is 11.8. The van der Waals surface area contributed by atoms with Gasteiger partial charge >= 0.3 is 5.97 Å². The van der Waals surface area contributed by atoms with E-state index >= 15 is 0 Å². The zero-order valence-electron chi connectivity index (χ0n) is 13.1. The van der Waals surface area contributed by atoms with Crippen molar-refractivity contribution in [2.24, 2.45) is 5.92 Å². The van der Waals surface area contributed by atoms with Gasteiger partial charge in [-0.05, 0) is 44.7 Å². The Bertz CT molecular complexity index is 404. The van der Waals surface area contributed by atoms with Crippen LogP contribution in [0.2, 0.25) is 0 Å². The first-order valence-corrected chi connectivity index (χ1v) is 7.32. The minimum absolute atomic E-state index is 0.275. The number of carbonyl (C=O) groups is 1. The van der Waals surface area contributed by atoms with Crippen LogP contribution in [0.15, 0.2) is 18.2 Å². The molecule has 0 spiro atoms. The third-order valence-corrected chi connectivity index (χ3v) is 2.99. The van der Waals surface area contributed by atoms with E-state index in [1.54, 1.807) is 0 Å². The van der Waals surface area contributed by atoms with Crippen LogP contribution in [-0.4, -0.2) is 25.8 Å². The summed E-state index contributed by atoms with van der Waals surface area (Å²) in [6, 6.07) is 5.73. The Labute approximate surface area is 122 Å². The highest BCUT2D eigenvalue weighted by molar-refractivity contribution is 5.89. The summed E-state index contributed by atoms with van der Waals surface area (Å²) < 4.78 is 10.6. The predicted octanol–water partition coefficient (Wildman–Crippen LogP) is 3.91. The Hall–Kier alpha value is -1.35. The molecule has 3 nitrogen and oxygen atoms in total. The van der Waals surface area contributed by atoms with Gasteiger partial charge in [-0.3, -0.25) is 0 Å². The van der Waals surface area contributed by atoms with E-state index in [1.165, 1.54) is 6.42 Å². The van der Waals surface area contributed by atoms with Crippen LogP contribution < -0.4 is 0 Å². The Kier molecular flexibility index (Phi) is 7.31. The van der Waals surface area contributed by atoms with Crippen LogP contribution in [-0.2, 0) is 9.47 Å². The maximum Gasteiger partial charge on any atom is 0.338 e. The summed E-state index contributed by atoms with van der Waals surface area (Å²) in [7, 11) is 0. The first-order valence-electron chi connectivity index (χ1n) is 7.32. The fourth-order valence-electron chi connectivity index (χ4n) is 2.06. The number of esters is 1. The van der Waals surface area contributed by atoms with Crippen molar-refractivity contribution in [1.82, 2.24) is 0 Å². The molecular formula is C17H26O3. The van der Waals surface area contributed by atoms with Crippen LogP contribution >= 0.6 is 0 Å². The largest absolute Gasteiger partial charge is 0.460 e. The van der Waals surface area contributed by atoms with Gasteiger partial charge in [0.1, 0.15) is 6.61 Å². The molecule has 112 valence electrons. The molecule has 0 aromatic heterocycles. The Morgan fingerprint density at radius 3 is 2.30 bits per heavy atom. The highest BCUT2D eigenvalue weighted by Gasteiger charge is 2.07. The molecule has 0 saturated carbocycles. The number of hydrogen-bond acceptors (Lipinski definition) is 3. The molecule has 0 radical (unpaired) electrons. The topological polar surface area (TPSA) is 35.5 Å². The van der Waals surface area contributed by atoms with E-state index in [0.29, 0.717) is 24.7 Å². The molecule has 0 heterocycles. The lowest BCUT2D eigenvalue weighted by Crippen LogP contribution is -2.11. The first-order chi connectivity index (χ1) is 9.49. The lowest BCUT2D eigenvalue weighted by molar-refractivity contribution is 0.0310. The second-order valence-electron chi connectivity index (χ2n) is 5.66. The maximum atomic E-state index is 11.8. The fourth-order valence-corrected chi connectivity index (χ4v) is 2.06. The average Bonchev–Trinajstić information content (AvgIpc) is 2.35. The van der Waals surface area contributed by atoms with Crippen LogP contribution in [0.3, 0.4) is 0 Å². The molecular weight excluding hydrogens is 252 g/mol. The summed E-state index contributed by atoms with van der Waals surface area (Å²) in [6.45, 7) is 9.86. The van der Waals surface area contributed by atoms with Gasteiger partial charge in [-0.25, -0.2) is 4.79 Å². The van der Waals surface area contributed by atoms with Crippen LogP contribution in [0.25, 0.3) is 0 Å². The average molecular weight is 278 g/mol. The van der Waals surface area contributed by atoms with Gasteiger partial charge in [0.2, 0.25) is 0 Å². The van der Waals surface area contributed by atoms with Gasteiger partial charge in [0.25, 0.3) is 0 Å². The van der Waals surface area contributed by atoms with E-state index in [4.69, 9.17) is 9.47 Å². The van der Waals surface area contributed by atoms with Gasteiger partial charge in [0.15, 0.2) is 0 Å². The van der Waals surface area contributed by atoms with Gasteiger partial charge in [-0.15, -0.1) is 0 Å². The van der Waals surface area contributed by atoms with E-state index in [1.807, 2.05) is 32.0 Å². The summed E-state index contributed by atoms with van der Waals surface area (Å²) in [5, 5.41) is 0. The molecule has 0 fully saturated rings. The zero-order chi connectivity index (χ0) is 15.0. The minimum atomic E-state index is -0.275. The van der Waals surface area contributed by atoms with E-state index in [9.17, 15) is 4.79 Å². The molecule has 0 atom stereocenters. The van der Waals surface area contributed by atoms with Crippen LogP contribution in [0, 0.1) is 19.8 Å². The fraction of sp³-hybridized carbons (Fsp3) is 0.588. The van der Waals surface area contributed by atoms with Crippen LogP contribution in [0.5, 0.6) is 0 Å². The Morgan fingerprint density at radius 2 is 1.70 bits per heavy atom. The first kappa shape index (κ1) is 16.7. The molecule has 0 aliphatic rings. The van der Waals surface area contributed by atoms with Crippen LogP contribution in [0.1, 0.15) is 48.2 Å². The third-order valence-electron chi connectivity index (χ3n) is 2.99. The summed E-state index contributed by atoms with van der Waals surface area (Å²) in [5.41, 5.74) is 2.76. The molecule has 0 unspecified atom stereocenters. The summed E-state index contributed by atoms with van der Waals surface area (Å²) >= 11 is 0. The predicted molar refractivity (Wildman–Crippen MR) is 81.1 cm³/mol. The van der Waals surface area contributed by atoms with Gasteiger partial charge in [0.05, 0.1) is 12.2 Å². The van der Waals surface area contributed by atoms with Crippen molar-refractivity contribution in [1.29, 1.82) is 0 Å². The van der Waals surface area contributed by atoms with Crippen molar-refractivity contribution in [2.45, 2.75) is 40.5 Å². The van der Waals surface area contributed by atoms with Crippen LogP contribution in [0.4, 0.5) is 0 Å². The lowest BCUT2D eigenvalue weighted by Gasteiger charge is -2.08. The number of rotatable bonds is 8. The van der Waals surface area contributed by atoms with Crippen molar-refractivity contribution < 1.29 is 14.3 Å². The second-order valence-corrected chi connectivity index (χ2v) is 5.66. The minimum Gasteiger partial charge on any atom is -0.460 e. The van der Waals surface area contributed by atoms with Gasteiger partial charge in [-0.1, -0.05) is 31.0 Å². The van der Waals surface area contributed by atoms with Crippen molar-refractivity contribution in [3.63, 3.8) is 0 Å². The molecule has 1 rings (SSSR count). The van der Waals surface area contributed by atoms with Gasteiger partial charge < -0.3 is 9.47 Å². The van der Waals surface area contributed by atoms with Crippen molar-refractivity contribution >= 4 is 5.97 Å². The Balaban J connectivity index is 2.20. The Morgan fingerprint density at radius 1 is 1.05 bits per heavy atom. The number of carbonyl (C=O) groups excluding carboxylic acids is 1. The number of ether oxygens (including phenoxy) is 2. The second kappa shape index (κ2) is 8.75. The smallest absolute Gasteiger partial charge is 0.338 e. The number of hydrogen-bond donors (Lipinski definition) is 0. The van der Waals surface area contributed by atoms with E-state index in [-0.39, 0.29) is 5.97 Å². The summed E-state index contributed by atoms with van der Waals surface area (Å²) in [6.07, 6.45) is 2.23.